The highest BCUT2D eigenvalue weighted by atomic mass is 16.5. The molecule has 0 amide bonds. The van der Waals surface area contributed by atoms with Gasteiger partial charge in [0.1, 0.15) is 18.1 Å². The summed E-state index contributed by atoms with van der Waals surface area (Å²) < 4.78 is 10.4. The normalized spacial score (nSPS) is 16.8. The van der Waals surface area contributed by atoms with Gasteiger partial charge in [0.25, 0.3) is 0 Å². The minimum Gasteiger partial charge on any atom is -0.508 e. The van der Waals surface area contributed by atoms with Crippen molar-refractivity contribution in [1.82, 2.24) is 0 Å². The van der Waals surface area contributed by atoms with E-state index in [4.69, 9.17) is 9.47 Å². The Morgan fingerprint density at radius 3 is 2.64 bits per heavy atom. The van der Waals surface area contributed by atoms with Crippen molar-refractivity contribution in [2.24, 2.45) is 0 Å². The Balaban J connectivity index is 2.03. The summed E-state index contributed by atoms with van der Waals surface area (Å²) in [6.45, 7) is 0.00855. The number of benzene rings is 2. The van der Waals surface area contributed by atoms with Crippen LogP contribution in [0.15, 0.2) is 30.3 Å². The summed E-state index contributed by atoms with van der Waals surface area (Å²) in [5.74, 6) is -1.37. The van der Waals surface area contributed by atoms with Crippen molar-refractivity contribution < 1.29 is 29.6 Å². The lowest BCUT2D eigenvalue weighted by Gasteiger charge is -2.25. The molecule has 114 valence electrons. The van der Waals surface area contributed by atoms with Gasteiger partial charge in [0, 0.05) is 11.6 Å². The summed E-state index contributed by atoms with van der Waals surface area (Å²) in [4.78, 5) is 12.6. The summed E-state index contributed by atoms with van der Waals surface area (Å²) in [6, 6.07) is 7.23. The molecule has 0 aliphatic carbocycles. The van der Waals surface area contributed by atoms with E-state index in [0.29, 0.717) is 11.3 Å². The van der Waals surface area contributed by atoms with Gasteiger partial charge in [0.15, 0.2) is 17.3 Å². The number of aromatic hydroxyl groups is 3. The third-order valence-corrected chi connectivity index (χ3v) is 3.69. The van der Waals surface area contributed by atoms with Crippen LogP contribution in [0.3, 0.4) is 0 Å². The Morgan fingerprint density at radius 2 is 1.91 bits per heavy atom. The van der Waals surface area contributed by atoms with Crippen molar-refractivity contribution >= 4 is 5.78 Å². The summed E-state index contributed by atoms with van der Waals surface area (Å²) >= 11 is 0. The van der Waals surface area contributed by atoms with Crippen LogP contribution in [-0.2, 0) is 0 Å². The number of carbonyl (C=O) groups is 1. The van der Waals surface area contributed by atoms with E-state index in [1.54, 1.807) is 0 Å². The first-order chi connectivity index (χ1) is 10.5. The zero-order valence-corrected chi connectivity index (χ0v) is 11.7. The Morgan fingerprint density at radius 1 is 1.14 bits per heavy atom. The number of ketones is 1. The maximum Gasteiger partial charge on any atom is 0.200 e. The highest BCUT2D eigenvalue weighted by Gasteiger charge is 2.33. The molecule has 3 N–H and O–H groups in total. The lowest BCUT2D eigenvalue weighted by Crippen LogP contribution is -2.26. The number of methoxy groups -OCH3 is 1. The van der Waals surface area contributed by atoms with E-state index in [0.717, 1.165) is 0 Å². The molecule has 6 heteroatoms. The van der Waals surface area contributed by atoms with Gasteiger partial charge in [-0.25, -0.2) is 0 Å². The lowest BCUT2D eigenvalue weighted by molar-refractivity contribution is 0.0893. The summed E-state index contributed by atoms with van der Waals surface area (Å²) in [7, 11) is 1.37. The maximum atomic E-state index is 12.6. The fourth-order valence-corrected chi connectivity index (χ4v) is 2.52. The molecule has 0 saturated carbocycles. The van der Waals surface area contributed by atoms with Crippen LogP contribution in [0.2, 0.25) is 0 Å². The van der Waals surface area contributed by atoms with Gasteiger partial charge in [0.05, 0.1) is 18.6 Å². The number of hydrogen-bond acceptors (Lipinski definition) is 6. The van der Waals surface area contributed by atoms with E-state index in [1.807, 2.05) is 0 Å². The molecule has 3 rings (SSSR count). The van der Waals surface area contributed by atoms with Gasteiger partial charge >= 0.3 is 0 Å². The molecule has 0 aromatic heterocycles. The molecule has 6 nitrogen and oxygen atoms in total. The van der Waals surface area contributed by atoms with Crippen LogP contribution in [0.1, 0.15) is 21.8 Å². The van der Waals surface area contributed by atoms with Crippen molar-refractivity contribution in [1.29, 1.82) is 0 Å². The van der Waals surface area contributed by atoms with Gasteiger partial charge < -0.3 is 24.8 Å². The number of hydrogen-bond donors (Lipinski definition) is 3. The Labute approximate surface area is 126 Å². The molecule has 1 aliphatic heterocycles. The summed E-state index contributed by atoms with van der Waals surface area (Å²) in [5.41, 5.74) is 0.589. The highest BCUT2D eigenvalue weighted by molar-refractivity contribution is 6.04. The number of phenolic OH excluding ortho intramolecular Hbond substituents is 3. The average molecular weight is 302 g/mol. The Kier molecular flexibility index (Phi) is 3.29. The Hall–Kier alpha value is -2.89. The minimum absolute atomic E-state index is 0.00855. The maximum absolute atomic E-state index is 12.6. The minimum atomic E-state index is -0.742. The van der Waals surface area contributed by atoms with Crippen LogP contribution in [-0.4, -0.2) is 34.8 Å². The standard InChI is InChI=1S/C16H14O6/c1-21-12-5-4-9(15(19)16(12)20)11-7-22-13-6-8(17)2-3-10(13)14(11)18/h2-6,11,17,19-20H,7H2,1H3/t11-/m0/s1. The second kappa shape index (κ2) is 5.14. The molecule has 1 atom stereocenters. The topological polar surface area (TPSA) is 96.2 Å². The molecular weight excluding hydrogens is 288 g/mol. The van der Waals surface area contributed by atoms with Gasteiger partial charge in [0.2, 0.25) is 5.75 Å². The van der Waals surface area contributed by atoms with E-state index in [9.17, 15) is 20.1 Å². The Bertz CT molecular complexity index is 753. The largest absolute Gasteiger partial charge is 0.508 e. The second-order valence-corrected chi connectivity index (χ2v) is 4.96. The zero-order chi connectivity index (χ0) is 15.9. The monoisotopic (exact) mass is 302 g/mol. The van der Waals surface area contributed by atoms with Crippen LogP contribution in [0.5, 0.6) is 28.7 Å². The molecule has 0 saturated heterocycles. The van der Waals surface area contributed by atoms with Gasteiger partial charge in [-0.3, -0.25) is 4.79 Å². The molecule has 0 fully saturated rings. The van der Waals surface area contributed by atoms with Crippen LogP contribution in [0.25, 0.3) is 0 Å². The molecule has 0 spiro atoms. The van der Waals surface area contributed by atoms with E-state index in [2.05, 4.69) is 0 Å². The van der Waals surface area contributed by atoms with Gasteiger partial charge in [-0.2, -0.15) is 0 Å². The highest BCUT2D eigenvalue weighted by Crippen LogP contribution is 2.43. The van der Waals surface area contributed by atoms with Crippen molar-refractivity contribution in [3.05, 3.63) is 41.5 Å². The quantitative estimate of drug-likeness (QED) is 0.736. The fourth-order valence-electron chi connectivity index (χ4n) is 2.52. The predicted octanol–water partition coefficient (Wildman–Crippen LogP) is 2.17. The number of rotatable bonds is 2. The first kappa shape index (κ1) is 14.1. The second-order valence-electron chi connectivity index (χ2n) is 4.96. The molecule has 2 aromatic carbocycles. The smallest absolute Gasteiger partial charge is 0.200 e. The lowest BCUT2D eigenvalue weighted by atomic mass is 9.88. The number of Topliss-reactive ketones (excluding diaryl/α,β-unsaturated/α-hetero) is 1. The molecule has 0 unspecified atom stereocenters. The first-order valence-electron chi connectivity index (χ1n) is 6.61. The van der Waals surface area contributed by atoms with Crippen LogP contribution >= 0.6 is 0 Å². The number of carbonyl (C=O) groups excluding carboxylic acids is 1. The van der Waals surface area contributed by atoms with Crippen molar-refractivity contribution in [2.75, 3.05) is 13.7 Å². The first-order valence-corrected chi connectivity index (χ1v) is 6.61. The van der Waals surface area contributed by atoms with Gasteiger partial charge in [-0.05, 0) is 18.2 Å². The fraction of sp³-hybridized carbons (Fsp3) is 0.188. The molecule has 1 heterocycles. The van der Waals surface area contributed by atoms with E-state index >= 15 is 0 Å². The van der Waals surface area contributed by atoms with Crippen LogP contribution in [0, 0.1) is 0 Å². The predicted molar refractivity (Wildman–Crippen MR) is 77.0 cm³/mol. The van der Waals surface area contributed by atoms with Gasteiger partial charge in [-0.1, -0.05) is 6.07 Å². The molecular formula is C16H14O6. The van der Waals surface area contributed by atoms with Gasteiger partial charge in [-0.15, -0.1) is 0 Å². The van der Waals surface area contributed by atoms with Crippen molar-refractivity contribution in [3.63, 3.8) is 0 Å². The molecule has 1 aliphatic rings. The summed E-state index contributed by atoms with van der Waals surface area (Å²) in [6.07, 6.45) is 0. The molecule has 0 bridgehead atoms. The zero-order valence-electron chi connectivity index (χ0n) is 11.7. The van der Waals surface area contributed by atoms with Crippen molar-refractivity contribution in [2.45, 2.75) is 5.92 Å². The molecule has 2 aromatic rings. The number of phenols is 3. The third kappa shape index (κ3) is 2.09. The van der Waals surface area contributed by atoms with E-state index in [1.165, 1.54) is 37.4 Å². The SMILES string of the molecule is COc1ccc([C@@H]2COc3cc(O)ccc3C2=O)c(O)c1O. The molecule has 0 radical (unpaired) electrons. The van der Waals surface area contributed by atoms with Crippen LogP contribution < -0.4 is 9.47 Å². The molecule has 22 heavy (non-hydrogen) atoms. The van der Waals surface area contributed by atoms with Crippen LogP contribution in [0.4, 0.5) is 0 Å². The summed E-state index contributed by atoms with van der Waals surface area (Å²) in [5, 5.41) is 29.4. The number of fused-ring (bicyclic) bond motifs is 1. The van der Waals surface area contributed by atoms with E-state index in [-0.39, 0.29) is 29.5 Å². The number of ether oxygens (including phenoxy) is 2. The third-order valence-electron chi connectivity index (χ3n) is 3.69. The average Bonchev–Trinajstić information content (AvgIpc) is 2.51. The van der Waals surface area contributed by atoms with Crippen molar-refractivity contribution in [3.8, 4) is 28.7 Å². The van der Waals surface area contributed by atoms with E-state index < -0.39 is 17.4 Å².